The molecule has 2 atom stereocenters. The summed E-state index contributed by atoms with van der Waals surface area (Å²) in [7, 11) is 0. The SMILES string of the molecule is CCOCC(C)n1c(C(C)Cl)nc2cnccc21. The van der Waals surface area contributed by atoms with Crippen molar-refractivity contribution in [2.45, 2.75) is 32.2 Å². The summed E-state index contributed by atoms with van der Waals surface area (Å²) in [5.74, 6) is 0.867. The summed E-state index contributed by atoms with van der Waals surface area (Å²) in [6.45, 7) is 7.40. The highest BCUT2D eigenvalue weighted by atomic mass is 35.5. The first kappa shape index (κ1) is 13.3. The van der Waals surface area contributed by atoms with Gasteiger partial charge in [-0.2, -0.15) is 0 Å². The molecule has 0 fully saturated rings. The van der Waals surface area contributed by atoms with Gasteiger partial charge in [0.15, 0.2) is 0 Å². The van der Waals surface area contributed by atoms with E-state index in [1.54, 1.807) is 12.4 Å². The maximum absolute atomic E-state index is 6.21. The zero-order valence-electron chi connectivity index (χ0n) is 10.9. The molecule has 5 heteroatoms. The largest absolute Gasteiger partial charge is 0.380 e. The molecule has 4 nitrogen and oxygen atoms in total. The van der Waals surface area contributed by atoms with E-state index in [1.807, 2.05) is 19.9 Å². The van der Waals surface area contributed by atoms with Crippen molar-refractivity contribution in [3.05, 3.63) is 24.3 Å². The van der Waals surface area contributed by atoms with Crippen molar-refractivity contribution in [1.29, 1.82) is 0 Å². The van der Waals surface area contributed by atoms with Crippen LogP contribution in [0.4, 0.5) is 0 Å². The van der Waals surface area contributed by atoms with Crippen LogP contribution < -0.4 is 0 Å². The molecular formula is C13H18ClN3O. The molecule has 0 bridgehead atoms. The second-order valence-electron chi connectivity index (χ2n) is 4.33. The Morgan fingerprint density at radius 2 is 2.22 bits per heavy atom. The minimum Gasteiger partial charge on any atom is -0.380 e. The predicted octanol–water partition coefficient (Wildman–Crippen LogP) is 3.33. The van der Waals surface area contributed by atoms with Crippen molar-refractivity contribution < 1.29 is 4.74 Å². The van der Waals surface area contributed by atoms with Crippen LogP contribution in [-0.2, 0) is 4.74 Å². The number of rotatable bonds is 5. The predicted molar refractivity (Wildman–Crippen MR) is 73.0 cm³/mol. The average Bonchev–Trinajstić information content (AvgIpc) is 2.75. The molecular weight excluding hydrogens is 250 g/mol. The Bertz CT molecular complexity index is 524. The molecule has 0 aromatic carbocycles. The zero-order valence-corrected chi connectivity index (χ0v) is 11.7. The lowest BCUT2D eigenvalue weighted by Crippen LogP contribution is -2.15. The van der Waals surface area contributed by atoms with Gasteiger partial charge in [-0.3, -0.25) is 4.98 Å². The molecule has 2 aromatic rings. The molecule has 0 aliphatic carbocycles. The minimum absolute atomic E-state index is 0.138. The summed E-state index contributed by atoms with van der Waals surface area (Å²) in [6.07, 6.45) is 3.54. The molecule has 0 aliphatic rings. The first-order valence-electron chi connectivity index (χ1n) is 6.18. The molecule has 98 valence electrons. The highest BCUT2D eigenvalue weighted by Crippen LogP contribution is 2.27. The molecule has 0 saturated carbocycles. The number of imidazole rings is 1. The van der Waals surface area contributed by atoms with Gasteiger partial charge in [-0.25, -0.2) is 4.98 Å². The second-order valence-corrected chi connectivity index (χ2v) is 4.98. The van der Waals surface area contributed by atoms with E-state index in [0.29, 0.717) is 13.2 Å². The average molecular weight is 268 g/mol. The van der Waals surface area contributed by atoms with Crippen molar-refractivity contribution in [2.24, 2.45) is 0 Å². The van der Waals surface area contributed by atoms with E-state index in [2.05, 4.69) is 21.5 Å². The van der Waals surface area contributed by atoms with Gasteiger partial charge in [0.05, 0.1) is 29.7 Å². The second kappa shape index (κ2) is 5.67. The summed E-state index contributed by atoms with van der Waals surface area (Å²) in [4.78, 5) is 8.65. The van der Waals surface area contributed by atoms with Gasteiger partial charge >= 0.3 is 0 Å². The van der Waals surface area contributed by atoms with E-state index in [1.165, 1.54) is 0 Å². The first-order valence-corrected chi connectivity index (χ1v) is 6.62. The Morgan fingerprint density at radius 3 is 2.89 bits per heavy atom. The highest BCUT2D eigenvalue weighted by molar-refractivity contribution is 6.20. The molecule has 0 radical (unpaired) electrons. The molecule has 0 amide bonds. The van der Waals surface area contributed by atoms with E-state index < -0.39 is 0 Å². The third-order valence-corrected chi connectivity index (χ3v) is 3.07. The lowest BCUT2D eigenvalue weighted by Gasteiger charge is -2.18. The van der Waals surface area contributed by atoms with Crippen LogP contribution in [0.5, 0.6) is 0 Å². The number of fused-ring (bicyclic) bond motifs is 1. The summed E-state index contributed by atoms with van der Waals surface area (Å²) in [6, 6.07) is 2.17. The fraction of sp³-hybridized carbons (Fsp3) is 0.538. The van der Waals surface area contributed by atoms with Crippen LogP contribution in [0.15, 0.2) is 18.5 Å². The van der Waals surface area contributed by atoms with E-state index >= 15 is 0 Å². The first-order chi connectivity index (χ1) is 8.65. The Labute approximate surface area is 112 Å². The van der Waals surface area contributed by atoms with Crippen LogP contribution in [0.25, 0.3) is 11.0 Å². The van der Waals surface area contributed by atoms with Crippen molar-refractivity contribution >= 4 is 22.6 Å². The molecule has 2 rings (SSSR count). The number of alkyl halides is 1. The van der Waals surface area contributed by atoms with Crippen molar-refractivity contribution in [3.63, 3.8) is 0 Å². The van der Waals surface area contributed by atoms with Crippen LogP contribution in [0.2, 0.25) is 0 Å². The van der Waals surface area contributed by atoms with E-state index in [0.717, 1.165) is 16.9 Å². The monoisotopic (exact) mass is 267 g/mol. The summed E-state index contributed by atoms with van der Waals surface area (Å²) in [5.41, 5.74) is 1.93. The van der Waals surface area contributed by atoms with Crippen LogP contribution in [0.3, 0.4) is 0 Å². The van der Waals surface area contributed by atoms with Crippen LogP contribution in [0.1, 0.15) is 38.0 Å². The Hall–Kier alpha value is -1.13. The number of aromatic nitrogens is 3. The van der Waals surface area contributed by atoms with Gasteiger partial charge < -0.3 is 9.30 Å². The minimum atomic E-state index is -0.138. The molecule has 0 spiro atoms. The van der Waals surface area contributed by atoms with Gasteiger partial charge in [0, 0.05) is 12.8 Å². The van der Waals surface area contributed by atoms with Crippen molar-refractivity contribution in [3.8, 4) is 0 Å². The third kappa shape index (κ3) is 2.49. The van der Waals surface area contributed by atoms with Gasteiger partial charge in [0.25, 0.3) is 0 Å². The maximum Gasteiger partial charge on any atom is 0.128 e. The topological polar surface area (TPSA) is 39.9 Å². The Morgan fingerprint density at radius 1 is 1.44 bits per heavy atom. The number of halogens is 1. The van der Waals surface area contributed by atoms with Gasteiger partial charge in [-0.05, 0) is 26.8 Å². The lowest BCUT2D eigenvalue weighted by molar-refractivity contribution is 0.119. The fourth-order valence-corrected chi connectivity index (χ4v) is 2.23. The Balaban J connectivity index is 2.47. The summed E-state index contributed by atoms with van der Waals surface area (Å²) in [5, 5.41) is -0.138. The van der Waals surface area contributed by atoms with Crippen LogP contribution in [0, 0.1) is 0 Å². The number of ether oxygens (including phenoxy) is 1. The van der Waals surface area contributed by atoms with Gasteiger partial charge in [0.2, 0.25) is 0 Å². The molecule has 2 aromatic heterocycles. The van der Waals surface area contributed by atoms with E-state index in [4.69, 9.17) is 16.3 Å². The highest BCUT2D eigenvalue weighted by Gasteiger charge is 2.18. The van der Waals surface area contributed by atoms with Gasteiger partial charge in [-0.1, -0.05) is 0 Å². The third-order valence-electron chi connectivity index (χ3n) is 2.88. The molecule has 2 heterocycles. The van der Waals surface area contributed by atoms with Crippen molar-refractivity contribution in [1.82, 2.24) is 14.5 Å². The smallest absolute Gasteiger partial charge is 0.128 e. The quantitative estimate of drug-likeness (QED) is 0.780. The lowest BCUT2D eigenvalue weighted by atomic mass is 10.3. The number of hydrogen-bond acceptors (Lipinski definition) is 3. The van der Waals surface area contributed by atoms with Crippen LogP contribution in [-0.4, -0.2) is 27.7 Å². The van der Waals surface area contributed by atoms with Crippen molar-refractivity contribution in [2.75, 3.05) is 13.2 Å². The van der Waals surface area contributed by atoms with Gasteiger partial charge in [0.1, 0.15) is 11.3 Å². The van der Waals surface area contributed by atoms with Crippen LogP contribution >= 0.6 is 11.6 Å². The molecule has 0 saturated heterocycles. The maximum atomic E-state index is 6.21. The number of hydrogen-bond donors (Lipinski definition) is 0. The van der Waals surface area contributed by atoms with E-state index in [9.17, 15) is 0 Å². The van der Waals surface area contributed by atoms with Gasteiger partial charge in [-0.15, -0.1) is 11.6 Å². The molecule has 0 aliphatic heterocycles. The summed E-state index contributed by atoms with van der Waals surface area (Å²) < 4.78 is 7.64. The molecule has 0 N–H and O–H groups in total. The van der Waals surface area contributed by atoms with E-state index in [-0.39, 0.29) is 11.4 Å². The summed E-state index contributed by atoms with van der Waals surface area (Å²) >= 11 is 6.21. The number of pyridine rings is 1. The number of nitrogens with zero attached hydrogens (tertiary/aromatic N) is 3. The normalized spacial score (nSPS) is 14.9. The molecule has 18 heavy (non-hydrogen) atoms. The molecule has 2 unspecified atom stereocenters. The zero-order chi connectivity index (χ0) is 13.1. The fourth-order valence-electron chi connectivity index (χ4n) is 2.08. The standard InChI is InChI=1S/C13H18ClN3O/c1-4-18-8-9(2)17-12-5-6-15-7-11(12)16-13(17)10(3)14/h5-7,9-10H,4,8H2,1-3H3. The Kier molecular flexibility index (Phi) is 4.19.